The molecule has 0 aliphatic carbocycles. The standard InChI is InChI=1S/C57H100O12S/c1-3-5-7-9-11-13-15-17-19-21-23-25-27-29-31-33-35-37-39-41-43-45-52(58)66-47-50(48-67-57-56(62)55(61)54(60)51(69-57)49-70(63,64)65)68-53(59)46-44-42-40-38-36-34-32-30-28-26-24-22-20-18-16-14-12-10-8-6-4-2/h6,8,12,14,18,20-21,23-24,26,50-51,54-57,60-62H,3-5,7,9-11,13,15-17,19,22,25,27-49H2,1-2H3,(H,63,64,65)/b8-6-,14-12-,20-18-,23-21-,26-24-. The number of carbonyl (C=O) groups excluding carboxylic acids is 2. The summed E-state index contributed by atoms with van der Waals surface area (Å²) in [5, 5.41) is 31.0. The Kier molecular flexibility index (Phi) is 43.1. The molecule has 0 aromatic rings. The minimum Gasteiger partial charge on any atom is -0.462 e. The van der Waals surface area contributed by atoms with Crippen LogP contribution in [0.15, 0.2) is 60.8 Å². The average molecular weight is 1010 g/mol. The summed E-state index contributed by atoms with van der Waals surface area (Å²) in [6, 6.07) is 0. The van der Waals surface area contributed by atoms with Crippen molar-refractivity contribution in [1.29, 1.82) is 0 Å². The van der Waals surface area contributed by atoms with Crippen molar-refractivity contribution in [2.45, 2.75) is 269 Å². The smallest absolute Gasteiger partial charge is 0.306 e. The van der Waals surface area contributed by atoms with E-state index < -0.39 is 71.2 Å². The molecule has 406 valence electrons. The monoisotopic (exact) mass is 1010 g/mol. The summed E-state index contributed by atoms with van der Waals surface area (Å²) < 4.78 is 54.4. The van der Waals surface area contributed by atoms with Crippen molar-refractivity contribution in [3.05, 3.63) is 60.8 Å². The second-order valence-corrected chi connectivity index (χ2v) is 20.7. The predicted octanol–water partition coefficient (Wildman–Crippen LogP) is 13.2. The molecule has 0 aromatic heterocycles. The third kappa shape index (κ3) is 39.9. The van der Waals surface area contributed by atoms with E-state index in [0.717, 1.165) is 77.0 Å². The maximum atomic E-state index is 12.9. The van der Waals surface area contributed by atoms with Gasteiger partial charge in [0.05, 0.1) is 6.61 Å². The highest BCUT2D eigenvalue weighted by Gasteiger charge is 2.46. The number of hydrogen-bond donors (Lipinski definition) is 4. The summed E-state index contributed by atoms with van der Waals surface area (Å²) in [4.78, 5) is 25.6. The lowest BCUT2D eigenvalue weighted by molar-refractivity contribution is -0.297. The Labute approximate surface area is 426 Å². The van der Waals surface area contributed by atoms with Gasteiger partial charge in [-0.1, -0.05) is 203 Å². The van der Waals surface area contributed by atoms with Crippen LogP contribution in [-0.2, 0) is 38.7 Å². The highest BCUT2D eigenvalue weighted by atomic mass is 32.2. The predicted molar refractivity (Wildman–Crippen MR) is 284 cm³/mol. The Bertz CT molecular complexity index is 1510. The first-order valence-electron chi connectivity index (χ1n) is 27.8. The Morgan fingerprint density at radius 1 is 0.500 bits per heavy atom. The Morgan fingerprint density at radius 3 is 1.36 bits per heavy atom. The van der Waals surface area contributed by atoms with Gasteiger partial charge in [-0.25, -0.2) is 0 Å². The van der Waals surface area contributed by atoms with E-state index in [9.17, 15) is 37.9 Å². The van der Waals surface area contributed by atoms with Crippen LogP contribution < -0.4 is 0 Å². The van der Waals surface area contributed by atoms with Crippen LogP contribution in [0.1, 0.15) is 232 Å². The zero-order chi connectivity index (χ0) is 51.2. The van der Waals surface area contributed by atoms with Crippen LogP contribution >= 0.6 is 0 Å². The van der Waals surface area contributed by atoms with Gasteiger partial charge in [0.2, 0.25) is 0 Å². The molecule has 4 N–H and O–H groups in total. The van der Waals surface area contributed by atoms with E-state index in [2.05, 4.69) is 74.6 Å². The SMILES string of the molecule is CC/C=C\C/C=C\C/C=C\C/C=C\CCCCCCCCCCC(=O)OC(COC(=O)CCCCCCCCCCC/C=C\CCCCCCCCCC)COC1OC(CS(=O)(=O)O)C(O)C(O)C1O. The number of rotatable bonds is 47. The number of unbranched alkanes of at least 4 members (excludes halogenated alkanes) is 25. The average Bonchev–Trinajstić information content (AvgIpc) is 3.33. The summed E-state index contributed by atoms with van der Waals surface area (Å²) in [7, 11) is -4.61. The summed E-state index contributed by atoms with van der Waals surface area (Å²) in [6.07, 6.45) is 49.7. The zero-order valence-electron chi connectivity index (χ0n) is 43.9. The molecule has 12 nitrogen and oxygen atoms in total. The Morgan fingerprint density at radius 2 is 0.900 bits per heavy atom. The molecule has 1 aliphatic rings. The minimum absolute atomic E-state index is 0.153. The van der Waals surface area contributed by atoms with Gasteiger partial charge < -0.3 is 34.3 Å². The molecule has 1 rings (SSSR count). The lowest BCUT2D eigenvalue weighted by atomic mass is 10.00. The van der Waals surface area contributed by atoms with Gasteiger partial charge in [-0.15, -0.1) is 0 Å². The molecule has 1 saturated heterocycles. The van der Waals surface area contributed by atoms with E-state index in [1.807, 2.05) is 0 Å². The molecule has 0 spiro atoms. The van der Waals surface area contributed by atoms with Crippen LogP contribution in [0.5, 0.6) is 0 Å². The third-order valence-electron chi connectivity index (χ3n) is 12.6. The topological polar surface area (TPSA) is 186 Å². The van der Waals surface area contributed by atoms with Crippen molar-refractivity contribution in [2.75, 3.05) is 19.0 Å². The maximum Gasteiger partial charge on any atom is 0.306 e. The van der Waals surface area contributed by atoms with Crippen LogP contribution in [0.2, 0.25) is 0 Å². The molecule has 0 saturated carbocycles. The third-order valence-corrected chi connectivity index (χ3v) is 13.3. The van der Waals surface area contributed by atoms with Crippen molar-refractivity contribution in [1.82, 2.24) is 0 Å². The number of esters is 2. The molecule has 0 bridgehead atoms. The molecule has 1 fully saturated rings. The Hall–Kier alpha value is -2.65. The largest absolute Gasteiger partial charge is 0.462 e. The second-order valence-electron chi connectivity index (χ2n) is 19.2. The number of ether oxygens (including phenoxy) is 4. The molecular formula is C57H100O12S. The highest BCUT2D eigenvalue weighted by Crippen LogP contribution is 2.24. The van der Waals surface area contributed by atoms with E-state index in [4.69, 9.17) is 18.9 Å². The van der Waals surface area contributed by atoms with Crippen molar-refractivity contribution >= 4 is 22.1 Å². The normalized spacial score (nSPS) is 19.4. The molecule has 6 unspecified atom stereocenters. The molecule has 1 heterocycles. The van der Waals surface area contributed by atoms with Gasteiger partial charge in [-0.2, -0.15) is 8.42 Å². The highest BCUT2D eigenvalue weighted by molar-refractivity contribution is 7.85. The van der Waals surface area contributed by atoms with Crippen LogP contribution in [0, 0.1) is 0 Å². The van der Waals surface area contributed by atoms with Gasteiger partial charge >= 0.3 is 11.9 Å². The number of aliphatic hydroxyl groups is 3. The Balaban J connectivity index is 2.34. The molecule has 1 aliphatic heterocycles. The van der Waals surface area contributed by atoms with Crippen molar-refractivity contribution in [3.8, 4) is 0 Å². The first kappa shape index (κ1) is 65.4. The molecule has 0 aromatic carbocycles. The van der Waals surface area contributed by atoms with Gasteiger partial charge in [0.1, 0.15) is 36.8 Å². The first-order chi connectivity index (χ1) is 34.0. The van der Waals surface area contributed by atoms with Crippen molar-refractivity contribution in [3.63, 3.8) is 0 Å². The molecule has 0 amide bonds. The fourth-order valence-electron chi connectivity index (χ4n) is 8.31. The van der Waals surface area contributed by atoms with Crippen LogP contribution in [0.25, 0.3) is 0 Å². The summed E-state index contributed by atoms with van der Waals surface area (Å²) in [6.45, 7) is 3.67. The van der Waals surface area contributed by atoms with Crippen LogP contribution in [-0.4, -0.2) is 96.0 Å². The van der Waals surface area contributed by atoms with Gasteiger partial charge in [0.25, 0.3) is 10.1 Å². The second kappa shape index (κ2) is 46.2. The quantitative estimate of drug-likeness (QED) is 0.0196. The number of allylic oxidation sites excluding steroid dienone is 10. The zero-order valence-corrected chi connectivity index (χ0v) is 44.7. The summed E-state index contributed by atoms with van der Waals surface area (Å²) in [5.74, 6) is -1.99. The number of carbonyl (C=O) groups is 2. The fraction of sp³-hybridized carbons (Fsp3) is 0.789. The molecule has 6 atom stereocenters. The van der Waals surface area contributed by atoms with Gasteiger partial charge in [-0.05, 0) is 77.0 Å². The molecular weight excluding hydrogens is 909 g/mol. The van der Waals surface area contributed by atoms with Crippen LogP contribution in [0.3, 0.4) is 0 Å². The number of aliphatic hydroxyl groups excluding tert-OH is 3. The number of hydrogen-bond acceptors (Lipinski definition) is 11. The molecule has 13 heteroatoms. The maximum absolute atomic E-state index is 12.9. The first-order valence-corrected chi connectivity index (χ1v) is 29.5. The van der Waals surface area contributed by atoms with Gasteiger partial charge in [-0.3, -0.25) is 14.1 Å². The van der Waals surface area contributed by atoms with Gasteiger partial charge in [0, 0.05) is 12.8 Å². The van der Waals surface area contributed by atoms with E-state index in [-0.39, 0.29) is 19.4 Å². The molecule has 0 radical (unpaired) electrons. The minimum atomic E-state index is -4.61. The van der Waals surface area contributed by atoms with Gasteiger partial charge in [0.15, 0.2) is 12.4 Å². The van der Waals surface area contributed by atoms with E-state index in [1.54, 1.807) is 0 Å². The van der Waals surface area contributed by atoms with Crippen molar-refractivity contribution < 1.29 is 56.8 Å². The summed E-state index contributed by atoms with van der Waals surface area (Å²) in [5.41, 5.74) is 0. The van der Waals surface area contributed by atoms with E-state index in [0.29, 0.717) is 12.8 Å². The lowest BCUT2D eigenvalue weighted by Crippen LogP contribution is -2.60. The summed E-state index contributed by atoms with van der Waals surface area (Å²) >= 11 is 0. The fourth-order valence-corrected chi connectivity index (χ4v) is 9.00. The molecule has 70 heavy (non-hydrogen) atoms. The lowest BCUT2D eigenvalue weighted by Gasteiger charge is -2.40. The van der Waals surface area contributed by atoms with Crippen molar-refractivity contribution in [2.24, 2.45) is 0 Å². The van der Waals surface area contributed by atoms with E-state index >= 15 is 0 Å². The van der Waals surface area contributed by atoms with Crippen LogP contribution in [0.4, 0.5) is 0 Å². The van der Waals surface area contributed by atoms with E-state index in [1.165, 1.54) is 116 Å².